The van der Waals surface area contributed by atoms with Crippen molar-refractivity contribution in [1.82, 2.24) is 0 Å². The van der Waals surface area contributed by atoms with Gasteiger partial charge in [-0.2, -0.15) is 0 Å². The van der Waals surface area contributed by atoms with Gasteiger partial charge in [-0.1, -0.05) is 150 Å². The summed E-state index contributed by atoms with van der Waals surface area (Å²) >= 11 is 0. The summed E-state index contributed by atoms with van der Waals surface area (Å²) in [5, 5.41) is 3.20. The highest BCUT2D eigenvalue weighted by Crippen LogP contribution is 2.22. The van der Waals surface area contributed by atoms with Gasteiger partial charge in [0, 0.05) is 27.4 Å². The molecule has 0 saturated carbocycles. The lowest BCUT2D eigenvalue weighted by molar-refractivity contribution is 0.123. The second-order valence-electron chi connectivity index (χ2n) is 11.4. The Hall–Kier alpha value is -0.249. The summed E-state index contributed by atoms with van der Waals surface area (Å²) in [7, 11) is -0.154. The van der Waals surface area contributed by atoms with Crippen molar-refractivity contribution in [3.8, 4) is 0 Å². The molecule has 0 N–H and O–H groups in total. The third-order valence-corrected chi connectivity index (χ3v) is 17.7. The first kappa shape index (κ1) is 31.8. The Morgan fingerprint density at radius 2 is 0.853 bits per heavy atom. The van der Waals surface area contributed by atoms with Crippen molar-refractivity contribution >= 4 is 35.3 Å². The van der Waals surface area contributed by atoms with Gasteiger partial charge in [0.25, 0.3) is 0 Å². The van der Waals surface area contributed by atoms with Crippen LogP contribution in [0.4, 0.5) is 0 Å². The molecule has 0 amide bonds. The van der Waals surface area contributed by atoms with Crippen LogP contribution in [-0.2, 0) is 13.3 Å². The second-order valence-corrected chi connectivity index (χ2v) is 24.2. The van der Waals surface area contributed by atoms with E-state index in [1.165, 1.54) is 76.3 Å². The summed E-state index contributed by atoms with van der Waals surface area (Å²) in [4.78, 5) is 0. The van der Waals surface area contributed by atoms with Crippen molar-refractivity contribution in [2.24, 2.45) is 0 Å². The number of hydrogen-bond donors (Lipinski definition) is 0. The Bertz CT molecular complexity index is 635. The molecule has 0 heterocycles. The summed E-state index contributed by atoms with van der Waals surface area (Å²) in [6, 6.07) is 13.4. The summed E-state index contributed by atoms with van der Waals surface area (Å²) in [6.07, 6.45) is 15.3. The van der Waals surface area contributed by atoms with E-state index in [-0.39, 0.29) is 0 Å². The number of hydrogen-bond acceptors (Lipinski definition) is 3. The van der Waals surface area contributed by atoms with E-state index in [9.17, 15) is 0 Å². The maximum atomic E-state index is 5.60. The zero-order chi connectivity index (χ0) is 25.5. The maximum absolute atomic E-state index is 5.60. The van der Waals surface area contributed by atoms with Gasteiger partial charge in [-0.05, 0) is 0 Å². The highest BCUT2D eigenvalue weighted by atomic mass is 28.4. The Balaban J connectivity index is 2.44. The van der Waals surface area contributed by atoms with Crippen molar-refractivity contribution in [3.63, 3.8) is 0 Å². The van der Waals surface area contributed by atoms with Crippen LogP contribution in [0.25, 0.3) is 0 Å². The largest absolute Gasteiger partial charge is 0.500 e. The smallest absolute Gasteiger partial charge is 0.377 e. The molecule has 198 valence electrons. The van der Waals surface area contributed by atoms with Gasteiger partial charge < -0.3 is 13.3 Å². The van der Waals surface area contributed by atoms with Crippen LogP contribution in [-0.4, -0.2) is 46.3 Å². The lowest BCUT2D eigenvalue weighted by Crippen LogP contribution is -2.46. The summed E-state index contributed by atoms with van der Waals surface area (Å²) in [6.45, 7) is 12.4. The van der Waals surface area contributed by atoms with Gasteiger partial charge in [-0.3, -0.25) is 0 Å². The van der Waals surface area contributed by atoms with E-state index in [4.69, 9.17) is 13.3 Å². The molecule has 1 aromatic carbocycles. The highest BCUT2D eigenvalue weighted by molar-refractivity contribution is 6.91. The van der Waals surface area contributed by atoms with E-state index in [0.29, 0.717) is 0 Å². The Labute approximate surface area is 215 Å². The zero-order valence-electron chi connectivity index (χ0n) is 23.9. The van der Waals surface area contributed by atoms with Gasteiger partial charge in [-0.15, -0.1) is 0 Å². The average Bonchev–Trinajstić information content (AvgIpc) is 2.83. The van der Waals surface area contributed by atoms with Gasteiger partial charge in [-0.25, -0.2) is 0 Å². The quantitative estimate of drug-likeness (QED) is 0.129. The number of benzene rings is 1. The van der Waals surface area contributed by atoms with Crippen molar-refractivity contribution in [3.05, 3.63) is 24.3 Å². The number of unbranched alkanes of at least 4 members (excludes halogenated alkanes) is 9. The second kappa shape index (κ2) is 16.5. The molecule has 3 nitrogen and oxygen atoms in total. The third-order valence-electron chi connectivity index (χ3n) is 7.82. The van der Waals surface area contributed by atoms with Crippen LogP contribution in [0.1, 0.15) is 77.6 Å². The summed E-state index contributed by atoms with van der Waals surface area (Å²) in [5.74, 6) is 0. The Kier molecular flexibility index (Phi) is 15.4. The predicted octanol–water partition coefficient (Wildman–Crippen LogP) is 7.71. The van der Waals surface area contributed by atoms with E-state index in [2.05, 4.69) is 57.4 Å². The van der Waals surface area contributed by atoms with Gasteiger partial charge in [0.15, 0.2) is 0 Å². The fraction of sp³-hybridized carbons (Fsp3) is 0.786. The molecule has 1 rings (SSSR count). The fourth-order valence-corrected chi connectivity index (χ4v) is 12.0. The van der Waals surface area contributed by atoms with Gasteiger partial charge in [0.1, 0.15) is 0 Å². The molecule has 6 heteroatoms. The van der Waals surface area contributed by atoms with Crippen LogP contribution in [0.15, 0.2) is 24.3 Å². The molecular formula is C28H56O3Si3. The van der Waals surface area contributed by atoms with Crippen LogP contribution < -0.4 is 10.4 Å². The molecule has 0 saturated heterocycles. The molecule has 34 heavy (non-hydrogen) atoms. The average molecular weight is 525 g/mol. The molecule has 0 aliphatic carbocycles. The van der Waals surface area contributed by atoms with Crippen LogP contribution in [0.5, 0.6) is 0 Å². The van der Waals surface area contributed by atoms with E-state index in [1.807, 2.05) is 0 Å². The summed E-state index contributed by atoms with van der Waals surface area (Å²) < 4.78 is 16.8. The van der Waals surface area contributed by atoms with E-state index >= 15 is 0 Å². The van der Waals surface area contributed by atoms with Crippen LogP contribution >= 0.6 is 0 Å². The lowest BCUT2D eigenvalue weighted by Gasteiger charge is -2.28. The van der Waals surface area contributed by atoms with Crippen LogP contribution in [0, 0.1) is 0 Å². The molecule has 1 aromatic rings. The highest BCUT2D eigenvalue weighted by Gasteiger charge is 2.38. The molecule has 0 radical (unpaired) electrons. The minimum absolute atomic E-state index is 0.893. The molecule has 0 atom stereocenters. The molecule has 0 aromatic heterocycles. The van der Waals surface area contributed by atoms with Crippen molar-refractivity contribution < 1.29 is 13.3 Å². The molecule has 0 spiro atoms. The van der Waals surface area contributed by atoms with Crippen molar-refractivity contribution in [2.75, 3.05) is 21.3 Å². The molecule has 0 fully saturated rings. The zero-order valence-corrected chi connectivity index (χ0v) is 26.9. The maximum Gasteiger partial charge on any atom is 0.500 e. The minimum Gasteiger partial charge on any atom is -0.377 e. The lowest BCUT2D eigenvalue weighted by atomic mass is 10.1. The fourth-order valence-electron chi connectivity index (χ4n) is 5.02. The van der Waals surface area contributed by atoms with Crippen molar-refractivity contribution in [2.45, 2.75) is 122 Å². The predicted molar refractivity (Wildman–Crippen MR) is 158 cm³/mol. The summed E-state index contributed by atoms with van der Waals surface area (Å²) in [5.41, 5.74) is 0. The molecular weight excluding hydrogens is 469 g/mol. The topological polar surface area (TPSA) is 27.7 Å². The Morgan fingerprint density at radius 1 is 0.500 bits per heavy atom. The SMILES string of the molecule is CCCCCCCCCCCC[Si](C)(C)c1ccc([Si](C)(C)CCC[Si](OC)(OC)OC)cc1. The third kappa shape index (κ3) is 11.2. The van der Waals surface area contributed by atoms with Crippen LogP contribution in [0.3, 0.4) is 0 Å². The van der Waals surface area contributed by atoms with Gasteiger partial charge >= 0.3 is 8.80 Å². The van der Waals surface area contributed by atoms with E-state index in [1.54, 1.807) is 31.7 Å². The first-order chi connectivity index (χ1) is 16.2. The monoisotopic (exact) mass is 524 g/mol. The standard InChI is InChI=1S/C28H56O3Si3/c1-9-10-11-12-13-14-15-16-17-18-24-32(5,6)27-20-22-28(23-21-27)33(7,8)25-19-26-34(29-2,30-3)31-4/h20-23H,9-19,24-26H2,1-8H3. The Morgan fingerprint density at radius 3 is 1.24 bits per heavy atom. The molecule has 0 aliphatic heterocycles. The molecule has 0 bridgehead atoms. The van der Waals surface area contributed by atoms with E-state index < -0.39 is 25.0 Å². The first-order valence-electron chi connectivity index (χ1n) is 13.9. The number of rotatable bonds is 20. The normalized spacial score (nSPS) is 12.9. The van der Waals surface area contributed by atoms with Crippen LogP contribution in [0.2, 0.25) is 44.3 Å². The first-order valence-corrected chi connectivity index (χ1v) is 22.3. The van der Waals surface area contributed by atoms with Gasteiger partial charge in [0.05, 0.1) is 16.1 Å². The molecule has 0 unspecified atom stereocenters. The van der Waals surface area contributed by atoms with Gasteiger partial charge in [0.2, 0.25) is 0 Å². The molecule has 0 aliphatic rings. The van der Waals surface area contributed by atoms with Crippen molar-refractivity contribution in [1.29, 1.82) is 0 Å². The van der Waals surface area contributed by atoms with E-state index in [0.717, 1.165) is 12.5 Å². The minimum atomic E-state index is -2.46.